The van der Waals surface area contributed by atoms with Crippen LogP contribution in [-0.4, -0.2) is 35.1 Å². The fourth-order valence-electron chi connectivity index (χ4n) is 3.42. The van der Waals surface area contributed by atoms with Gasteiger partial charge in [-0.3, -0.25) is 9.69 Å². The Labute approximate surface area is 97.8 Å². The number of rotatable bonds is 4. The van der Waals surface area contributed by atoms with Gasteiger partial charge in [0, 0.05) is 19.1 Å². The van der Waals surface area contributed by atoms with E-state index in [1.165, 1.54) is 25.7 Å². The van der Waals surface area contributed by atoms with Gasteiger partial charge in [0.25, 0.3) is 0 Å². The molecule has 0 radical (unpaired) electrons. The average Bonchev–Trinajstić information content (AvgIpc) is 2.83. The van der Waals surface area contributed by atoms with Gasteiger partial charge in [-0.15, -0.1) is 0 Å². The maximum Gasteiger partial charge on any atom is 0.308 e. The summed E-state index contributed by atoms with van der Waals surface area (Å²) in [6.45, 7) is 3.97. The summed E-state index contributed by atoms with van der Waals surface area (Å²) in [6.07, 6.45) is 7.40. The van der Waals surface area contributed by atoms with Crippen molar-refractivity contribution in [2.24, 2.45) is 11.8 Å². The van der Waals surface area contributed by atoms with Crippen molar-refractivity contribution in [3.63, 3.8) is 0 Å². The largest absolute Gasteiger partial charge is 0.481 e. The van der Waals surface area contributed by atoms with Crippen molar-refractivity contribution in [3.8, 4) is 0 Å². The second-order valence-electron chi connectivity index (χ2n) is 5.39. The number of carboxylic acid groups (broad SMARTS) is 1. The van der Waals surface area contributed by atoms with Crippen LogP contribution in [0.4, 0.5) is 0 Å². The van der Waals surface area contributed by atoms with E-state index >= 15 is 0 Å². The fourth-order valence-corrected chi connectivity index (χ4v) is 3.42. The molecule has 0 aromatic carbocycles. The second-order valence-corrected chi connectivity index (χ2v) is 5.39. The molecule has 0 amide bonds. The lowest BCUT2D eigenvalue weighted by molar-refractivity contribution is -0.142. The van der Waals surface area contributed by atoms with Crippen LogP contribution in [0.25, 0.3) is 0 Å². The molecule has 0 spiro atoms. The van der Waals surface area contributed by atoms with Crippen molar-refractivity contribution >= 4 is 5.97 Å². The van der Waals surface area contributed by atoms with E-state index in [-0.39, 0.29) is 5.92 Å². The molecule has 0 aromatic rings. The van der Waals surface area contributed by atoms with Crippen molar-refractivity contribution in [1.82, 2.24) is 4.90 Å². The maximum atomic E-state index is 11.2. The van der Waals surface area contributed by atoms with Crippen LogP contribution in [0, 0.1) is 11.8 Å². The minimum atomic E-state index is -0.584. The summed E-state index contributed by atoms with van der Waals surface area (Å²) < 4.78 is 0. The molecule has 2 rings (SSSR count). The van der Waals surface area contributed by atoms with Crippen molar-refractivity contribution in [1.29, 1.82) is 0 Å². The molecule has 0 unspecified atom stereocenters. The van der Waals surface area contributed by atoms with Crippen molar-refractivity contribution in [2.75, 3.05) is 13.1 Å². The normalized spacial score (nSPS) is 32.3. The van der Waals surface area contributed by atoms with Crippen LogP contribution < -0.4 is 0 Å². The molecule has 1 saturated carbocycles. The Bertz CT molecular complexity index is 248. The summed E-state index contributed by atoms with van der Waals surface area (Å²) in [7, 11) is 0. The van der Waals surface area contributed by atoms with E-state index in [4.69, 9.17) is 0 Å². The number of carboxylic acids is 1. The minimum absolute atomic E-state index is 0.111. The highest BCUT2D eigenvalue weighted by atomic mass is 16.4. The zero-order valence-corrected chi connectivity index (χ0v) is 10.2. The molecule has 0 aromatic heterocycles. The summed E-state index contributed by atoms with van der Waals surface area (Å²) in [5.74, 6) is -0.303. The van der Waals surface area contributed by atoms with Crippen LogP contribution in [0.1, 0.15) is 45.4 Å². The smallest absolute Gasteiger partial charge is 0.308 e. The first-order valence-corrected chi connectivity index (χ1v) is 6.69. The van der Waals surface area contributed by atoms with Crippen LogP contribution in [0.15, 0.2) is 0 Å². The Balaban J connectivity index is 1.96. The Morgan fingerprint density at radius 2 is 2.00 bits per heavy atom. The zero-order valence-electron chi connectivity index (χ0n) is 10.2. The number of aliphatic carboxylic acids is 1. The molecule has 1 N–H and O–H groups in total. The number of hydrogen-bond acceptors (Lipinski definition) is 2. The molecule has 2 atom stereocenters. The Kier molecular flexibility index (Phi) is 3.85. The lowest BCUT2D eigenvalue weighted by Gasteiger charge is -2.23. The average molecular weight is 225 g/mol. The van der Waals surface area contributed by atoms with Crippen LogP contribution >= 0.6 is 0 Å². The highest BCUT2D eigenvalue weighted by Crippen LogP contribution is 2.33. The molecule has 1 saturated heterocycles. The van der Waals surface area contributed by atoms with E-state index in [0.29, 0.717) is 12.0 Å². The summed E-state index contributed by atoms with van der Waals surface area (Å²) in [5, 5.41) is 9.24. The van der Waals surface area contributed by atoms with Gasteiger partial charge in [0.1, 0.15) is 0 Å². The third-order valence-electron chi connectivity index (χ3n) is 4.29. The Morgan fingerprint density at radius 1 is 1.31 bits per heavy atom. The Morgan fingerprint density at radius 3 is 2.56 bits per heavy atom. The molecule has 1 aliphatic carbocycles. The molecule has 1 aliphatic heterocycles. The molecule has 3 nitrogen and oxygen atoms in total. The van der Waals surface area contributed by atoms with E-state index in [1.54, 1.807) is 0 Å². The van der Waals surface area contributed by atoms with E-state index < -0.39 is 5.97 Å². The van der Waals surface area contributed by atoms with Gasteiger partial charge in [0.05, 0.1) is 5.92 Å². The SMILES string of the molecule is CCC[C@@H]1CN(C2CCCC2)C[C@H]1C(=O)O. The first-order chi connectivity index (χ1) is 7.72. The molecule has 3 heteroatoms. The van der Waals surface area contributed by atoms with Crippen molar-refractivity contribution in [2.45, 2.75) is 51.5 Å². The first kappa shape index (κ1) is 11.9. The van der Waals surface area contributed by atoms with Gasteiger partial charge in [0.2, 0.25) is 0 Å². The number of carbonyl (C=O) groups is 1. The van der Waals surface area contributed by atoms with Crippen LogP contribution in [0.5, 0.6) is 0 Å². The topological polar surface area (TPSA) is 40.5 Å². The molecular weight excluding hydrogens is 202 g/mol. The Hall–Kier alpha value is -0.570. The summed E-state index contributed by atoms with van der Waals surface area (Å²) in [5.41, 5.74) is 0. The molecule has 0 bridgehead atoms. The summed E-state index contributed by atoms with van der Waals surface area (Å²) in [4.78, 5) is 13.7. The zero-order chi connectivity index (χ0) is 11.5. The highest BCUT2D eigenvalue weighted by Gasteiger charge is 2.39. The third-order valence-corrected chi connectivity index (χ3v) is 4.29. The third kappa shape index (κ3) is 2.40. The van der Waals surface area contributed by atoms with E-state index in [0.717, 1.165) is 25.9 Å². The maximum absolute atomic E-state index is 11.2. The second kappa shape index (κ2) is 5.17. The van der Waals surface area contributed by atoms with Gasteiger partial charge in [-0.05, 0) is 25.2 Å². The lowest BCUT2D eigenvalue weighted by Crippen LogP contribution is -2.31. The van der Waals surface area contributed by atoms with E-state index in [2.05, 4.69) is 11.8 Å². The van der Waals surface area contributed by atoms with Crippen molar-refractivity contribution in [3.05, 3.63) is 0 Å². The first-order valence-electron chi connectivity index (χ1n) is 6.69. The molecule has 2 fully saturated rings. The van der Waals surface area contributed by atoms with Gasteiger partial charge >= 0.3 is 5.97 Å². The van der Waals surface area contributed by atoms with Crippen molar-refractivity contribution < 1.29 is 9.90 Å². The van der Waals surface area contributed by atoms with Gasteiger partial charge in [-0.1, -0.05) is 26.2 Å². The molecular formula is C13H23NO2. The summed E-state index contributed by atoms with van der Waals surface area (Å²) in [6, 6.07) is 0.684. The van der Waals surface area contributed by atoms with Gasteiger partial charge in [-0.25, -0.2) is 0 Å². The quantitative estimate of drug-likeness (QED) is 0.798. The van der Waals surface area contributed by atoms with Crippen LogP contribution in [-0.2, 0) is 4.79 Å². The van der Waals surface area contributed by atoms with Gasteiger partial charge < -0.3 is 5.11 Å². The standard InChI is InChI=1S/C13H23NO2/c1-2-5-10-8-14(9-12(10)13(15)16)11-6-3-4-7-11/h10-12H,2-9H2,1H3,(H,15,16)/t10-,12-/m1/s1. The summed E-state index contributed by atoms with van der Waals surface area (Å²) >= 11 is 0. The fraction of sp³-hybridized carbons (Fsp3) is 0.923. The number of nitrogens with zero attached hydrogens (tertiary/aromatic N) is 1. The molecule has 92 valence electrons. The predicted molar refractivity (Wildman–Crippen MR) is 63.4 cm³/mol. The van der Waals surface area contributed by atoms with Gasteiger partial charge in [0.15, 0.2) is 0 Å². The van der Waals surface area contributed by atoms with Crippen LogP contribution in [0.3, 0.4) is 0 Å². The minimum Gasteiger partial charge on any atom is -0.481 e. The van der Waals surface area contributed by atoms with E-state index in [1.807, 2.05) is 0 Å². The van der Waals surface area contributed by atoms with E-state index in [9.17, 15) is 9.90 Å². The number of likely N-dealkylation sites (tertiary alicyclic amines) is 1. The molecule has 16 heavy (non-hydrogen) atoms. The number of hydrogen-bond donors (Lipinski definition) is 1. The van der Waals surface area contributed by atoms with Gasteiger partial charge in [-0.2, -0.15) is 0 Å². The van der Waals surface area contributed by atoms with Crippen LogP contribution in [0.2, 0.25) is 0 Å². The highest BCUT2D eigenvalue weighted by molar-refractivity contribution is 5.71. The molecule has 2 aliphatic rings. The lowest BCUT2D eigenvalue weighted by atomic mass is 9.92. The predicted octanol–water partition coefficient (Wildman–Crippen LogP) is 2.36. The molecule has 1 heterocycles. The monoisotopic (exact) mass is 225 g/mol.